The topological polar surface area (TPSA) is 83.3 Å². The molecular weight excluding hydrogens is 430 g/mol. The minimum absolute atomic E-state index is 0.0404. The molecule has 7 nitrogen and oxygen atoms in total. The molecule has 2 saturated heterocycles. The molecule has 0 saturated carbocycles. The second-order valence-electron chi connectivity index (χ2n) is 9.44. The number of hydrogen-bond donors (Lipinski definition) is 2. The molecule has 2 fully saturated rings. The Bertz CT molecular complexity index is 861. The molecule has 0 bridgehead atoms. The number of carbonyl (C=O) groups is 1. The van der Waals surface area contributed by atoms with E-state index in [0.717, 1.165) is 49.0 Å². The lowest BCUT2D eigenvalue weighted by Gasteiger charge is -2.39. The number of oxazole rings is 1. The number of anilines is 1. The van der Waals surface area contributed by atoms with Crippen LogP contribution >= 0.6 is 23.1 Å². The van der Waals surface area contributed by atoms with Crippen LogP contribution in [0.3, 0.4) is 0 Å². The Kier molecular flexibility index (Phi) is 7.36. The normalized spacial score (nSPS) is 21.3. The van der Waals surface area contributed by atoms with E-state index in [1.54, 1.807) is 11.8 Å². The van der Waals surface area contributed by atoms with Crippen LogP contribution in [-0.2, 0) is 16.0 Å². The van der Waals surface area contributed by atoms with Gasteiger partial charge in [0, 0.05) is 23.9 Å². The molecule has 4 heterocycles. The zero-order chi connectivity index (χ0) is 21.8. The third-order valence-corrected chi connectivity index (χ3v) is 8.13. The van der Waals surface area contributed by atoms with Crippen molar-refractivity contribution in [2.45, 2.75) is 67.9 Å². The minimum Gasteiger partial charge on any atom is -0.444 e. The summed E-state index contributed by atoms with van der Waals surface area (Å²) in [6, 6.07) is 0.638. The molecule has 0 spiro atoms. The van der Waals surface area contributed by atoms with Crippen molar-refractivity contribution in [2.24, 2.45) is 5.92 Å². The molecule has 2 aliphatic rings. The number of nitrogens with one attached hydrogen (secondary N) is 2. The lowest BCUT2D eigenvalue weighted by Crippen LogP contribution is -2.49. The van der Waals surface area contributed by atoms with E-state index in [1.807, 2.05) is 12.4 Å². The minimum atomic E-state index is -0.0404. The molecular formula is C22H33N5O2S2. The van der Waals surface area contributed by atoms with Crippen LogP contribution in [-0.4, -0.2) is 53.0 Å². The standard InChI is InChI=1S/C22H33N5O2S2/c1-22(2,3)17-12-24-18(29-17)14-30-19-13-25-21(31-19)26-20(28)15-6-9-27(10-7-15)16-5-4-8-23-11-16/h12-13,15-16,23H,4-11,14H2,1-3H3,(H,25,26,28). The van der Waals surface area contributed by atoms with E-state index >= 15 is 0 Å². The molecule has 31 heavy (non-hydrogen) atoms. The Morgan fingerprint density at radius 2 is 2.10 bits per heavy atom. The van der Waals surface area contributed by atoms with Gasteiger partial charge in [0.25, 0.3) is 0 Å². The van der Waals surface area contributed by atoms with Gasteiger partial charge in [-0.3, -0.25) is 9.69 Å². The third kappa shape index (κ3) is 6.09. The Labute approximate surface area is 192 Å². The highest BCUT2D eigenvalue weighted by molar-refractivity contribution is 8.00. The molecule has 170 valence electrons. The number of rotatable bonds is 6. The quantitative estimate of drug-likeness (QED) is 0.624. The summed E-state index contributed by atoms with van der Waals surface area (Å²) in [6.07, 6.45) is 8.00. The maximum atomic E-state index is 12.7. The van der Waals surface area contributed by atoms with Gasteiger partial charge in [0.15, 0.2) is 5.13 Å². The molecule has 0 aliphatic carbocycles. The summed E-state index contributed by atoms with van der Waals surface area (Å²) >= 11 is 3.14. The number of amides is 1. The Hall–Kier alpha value is -1.42. The van der Waals surface area contributed by atoms with Crippen molar-refractivity contribution >= 4 is 34.1 Å². The highest BCUT2D eigenvalue weighted by atomic mass is 32.2. The first-order valence-corrected chi connectivity index (χ1v) is 13.0. The van der Waals surface area contributed by atoms with Crippen LogP contribution < -0.4 is 10.6 Å². The predicted molar refractivity (Wildman–Crippen MR) is 126 cm³/mol. The van der Waals surface area contributed by atoms with Crippen molar-refractivity contribution < 1.29 is 9.21 Å². The summed E-state index contributed by atoms with van der Waals surface area (Å²) in [7, 11) is 0. The van der Waals surface area contributed by atoms with Crippen molar-refractivity contribution in [1.29, 1.82) is 0 Å². The van der Waals surface area contributed by atoms with Crippen LogP contribution in [0.5, 0.6) is 0 Å². The first-order chi connectivity index (χ1) is 14.9. The van der Waals surface area contributed by atoms with E-state index in [2.05, 4.69) is 46.3 Å². The van der Waals surface area contributed by atoms with Crippen LogP contribution in [0.25, 0.3) is 0 Å². The third-order valence-electron chi connectivity index (χ3n) is 6.03. The summed E-state index contributed by atoms with van der Waals surface area (Å²) in [4.78, 5) is 24.1. The van der Waals surface area contributed by atoms with Gasteiger partial charge in [-0.15, -0.1) is 11.8 Å². The van der Waals surface area contributed by atoms with Crippen molar-refractivity contribution in [3.05, 3.63) is 24.0 Å². The second kappa shape index (κ2) is 10.0. The van der Waals surface area contributed by atoms with Crippen molar-refractivity contribution in [3.63, 3.8) is 0 Å². The van der Waals surface area contributed by atoms with Crippen LogP contribution in [0.2, 0.25) is 0 Å². The number of thioether (sulfide) groups is 1. The maximum Gasteiger partial charge on any atom is 0.229 e. The van der Waals surface area contributed by atoms with Gasteiger partial charge in [-0.25, -0.2) is 9.97 Å². The number of likely N-dealkylation sites (tertiary alicyclic amines) is 1. The molecule has 9 heteroatoms. The van der Waals surface area contributed by atoms with E-state index in [1.165, 1.54) is 24.2 Å². The number of carbonyl (C=O) groups excluding carboxylic acids is 1. The van der Waals surface area contributed by atoms with E-state index in [4.69, 9.17) is 4.42 Å². The van der Waals surface area contributed by atoms with Gasteiger partial charge in [-0.05, 0) is 45.3 Å². The average Bonchev–Trinajstić information content (AvgIpc) is 3.42. The maximum absolute atomic E-state index is 12.7. The fourth-order valence-corrected chi connectivity index (χ4v) is 5.85. The second-order valence-corrected chi connectivity index (χ2v) is 11.7. The summed E-state index contributed by atoms with van der Waals surface area (Å²) < 4.78 is 6.89. The van der Waals surface area contributed by atoms with E-state index in [-0.39, 0.29) is 17.2 Å². The van der Waals surface area contributed by atoms with E-state index in [0.29, 0.717) is 22.8 Å². The fourth-order valence-electron chi connectivity index (χ4n) is 4.12. The lowest BCUT2D eigenvalue weighted by molar-refractivity contribution is -0.121. The SMILES string of the molecule is CC(C)(C)c1cnc(CSc2cnc(NC(=O)C3CCN(C4CCCNC4)CC3)s2)o1. The van der Waals surface area contributed by atoms with E-state index in [9.17, 15) is 4.79 Å². The van der Waals surface area contributed by atoms with Crippen molar-refractivity contribution in [2.75, 3.05) is 31.5 Å². The molecule has 0 aromatic carbocycles. The summed E-state index contributed by atoms with van der Waals surface area (Å²) in [6.45, 7) is 10.6. The zero-order valence-electron chi connectivity index (χ0n) is 18.6. The predicted octanol–water partition coefficient (Wildman–Crippen LogP) is 4.12. The molecule has 0 radical (unpaired) electrons. The lowest BCUT2D eigenvalue weighted by atomic mass is 9.93. The molecule has 2 aromatic rings. The monoisotopic (exact) mass is 463 g/mol. The van der Waals surface area contributed by atoms with Gasteiger partial charge in [-0.1, -0.05) is 32.1 Å². The number of piperidine rings is 2. The van der Waals surface area contributed by atoms with E-state index < -0.39 is 0 Å². The zero-order valence-corrected chi connectivity index (χ0v) is 20.3. The highest BCUT2D eigenvalue weighted by Gasteiger charge is 2.29. The molecule has 2 aromatic heterocycles. The highest BCUT2D eigenvalue weighted by Crippen LogP contribution is 2.32. The molecule has 2 aliphatic heterocycles. The van der Waals surface area contributed by atoms with Gasteiger partial charge in [-0.2, -0.15) is 0 Å². The Balaban J connectivity index is 1.22. The Morgan fingerprint density at radius 3 is 2.77 bits per heavy atom. The first-order valence-electron chi connectivity index (χ1n) is 11.2. The molecule has 1 atom stereocenters. The summed E-state index contributed by atoms with van der Waals surface area (Å²) in [5.74, 6) is 2.45. The fraction of sp³-hybridized carbons (Fsp3) is 0.682. The number of nitrogens with zero attached hydrogens (tertiary/aromatic N) is 3. The Morgan fingerprint density at radius 1 is 1.29 bits per heavy atom. The van der Waals surface area contributed by atoms with Gasteiger partial charge in [0.1, 0.15) is 5.76 Å². The van der Waals surface area contributed by atoms with Crippen LogP contribution in [0, 0.1) is 5.92 Å². The smallest absolute Gasteiger partial charge is 0.229 e. The van der Waals surface area contributed by atoms with Gasteiger partial charge < -0.3 is 15.1 Å². The van der Waals surface area contributed by atoms with Crippen molar-refractivity contribution in [1.82, 2.24) is 20.2 Å². The number of hydrogen-bond acceptors (Lipinski definition) is 8. The molecule has 2 N–H and O–H groups in total. The number of aromatic nitrogens is 2. The molecule has 1 amide bonds. The van der Waals surface area contributed by atoms with Crippen LogP contribution in [0.4, 0.5) is 5.13 Å². The average molecular weight is 464 g/mol. The van der Waals surface area contributed by atoms with Gasteiger partial charge in [0.05, 0.1) is 22.4 Å². The van der Waals surface area contributed by atoms with Crippen molar-refractivity contribution in [3.8, 4) is 0 Å². The molecule has 1 unspecified atom stereocenters. The number of thiazole rings is 1. The van der Waals surface area contributed by atoms with Gasteiger partial charge in [0.2, 0.25) is 11.8 Å². The summed E-state index contributed by atoms with van der Waals surface area (Å²) in [5.41, 5.74) is -0.0404. The largest absolute Gasteiger partial charge is 0.444 e. The van der Waals surface area contributed by atoms with Gasteiger partial charge >= 0.3 is 0 Å². The summed E-state index contributed by atoms with van der Waals surface area (Å²) in [5, 5.41) is 7.20. The molecule has 4 rings (SSSR count). The van der Waals surface area contributed by atoms with Crippen LogP contribution in [0.1, 0.15) is 58.1 Å². The first kappa shape index (κ1) is 22.8. The van der Waals surface area contributed by atoms with Crippen LogP contribution in [0.15, 0.2) is 21.0 Å².